The lowest BCUT2D eigenvalue weighted by molar-refractivity contribution is 0.600. The molecule has 0 aliphatic carbocycles. The van der Waals surface area contributed by atoms with Gasteiger partial charge in [0, 0.05) is 0 Å². The van der Waals surface area contributed by atoms with Crippen molar-refractivity contribution in [3.05, 3.63) is 58.7 Å². The number of nitrogens with one attached hydrogen (secondary N) is 1. The minimum absolute atomic E-state index is 0.236. The molecule has 0 saturated heterocycles. The van der Waals surface area contributed by atoms with E-state index in [1.165, 1.54) is 0 Å². The van der Waals surface area contributed by atoms with E-state index in [0.717, 1.165) is 27.9 Å². The zero-order chi connectivity index (χ0) is 18.1. The van der Waals surface area contributed by atoms with Crippen LogP contribution < -0.4 is 4.72 Å². The Labute approximate surface area is 146 Å². The molecular formula is C20H27NO2S. The van der Waals surface area contributed by atoms with Gasteiger partial charge in [-0.2, -0.15) is 0 Å². The van der Waals surface area contributed by atoms with Crippen LogP contribution in [0, 0.1) is 13.8 Å². The topological polar surface area (TPSA) is 46.2 Å². The number of benzene rings is 2. The Bertz CT molecular complexity index is 810. The molecule has 0 saturated carbocycles. The van der Waals surface area contributed by atoms with Crippen molar-refractivity contribution < 1.29 is 8.42 Å². The summed E-state index contributed by atoms with van der Waals surface area (Å²) in [7, 11) is -3.63. The third kappa shape index (κ3) is 3.81. The van der Waals surface area contributed by atoms with Crippen molar-refractivity contribution in [2.24, 2.45) is 0 Å². The Morgan fingerprint density at radius 3 is 1.92 bits per heavy atom. The summed E-state index contributed by atoms with van der Waals surface area (Å²) < 4.78 is 28.9. The maximum Gasteiger partial charge on any atom is 0.262 e. The van der Waals surface area contributed by atoms with Gasteiger partial charge < -0.3 is 0 Å². The molecule has 24 heavy (non-hydrogen) atoms. The summed E-state index contributed by atoms with van der Waals surface area (Å²) in [5.74, 6) is 0.472. The predicted octanol–water partition coefficient (Wildman–Crippen LogP) is 5.35. The van der Waals surface area contributed by atoms with Crippen LogP contribution in [0.1, 0.15) is 61.8 Å². The van der Waals surface area contributed by atoms with Crippen LogP contribution in [0.25, 0.3) is 0 Å². The molecule has 0 aromatic heterocycles. The molecule has 0 atom stereocenters. The quantitative estimate of drug-likeness (QED) is 0.794. The minimum Gasteiger partial charge on any atom is -0.279 e. The van der Waals surface area contributed by atoms with E-state index in [-0.39, 0.29) is 11.8 Å². The van der Waals surface area contributed by atoms with Crippen molar-refractivity contribution in [3.8, 4) is 0 Å². The van der Waals surface area contributed by atoms with E-state index in [1.54, 1.807) is 6.07 Å². The molecule has 0 amide bonds. The first kappa shape index (κ1) is 18.5. The number of rotatable bonds is 5. The van der Waals surface area contributed by atoms with Crippen molar-refractivity contribution in [3.63, 3.8) is 0 Å². The molecule has 2 rings (SSSR count). The fraction of sp³-hybridized carbons (Fsp3) is 0.400. The first-order valence-corrected chi connectivity index (χ1v) is 9.84. The van der Waals surface area contributed by atoms with Gasteiger partial charge in [-0.15, -0.1) is 0 Å². The van der Waals surface area contributed by atoms with E-state index < -0.39 is 10.0 Å². The number of hydrogen-bond acceptors (Lipinski definition) is 2. The van der Waals surface area contributed by atoms with E-state index in [2.05, 4.69) is 32.4 Å². The van der Waals surface area contributed by atoms with Gasteiger partial charge in [0.15, 0.2) is 0 Å². The maximum atomic E-state index is 13.0. The smallest absolute Gasteiger partial charge is 0.262 e. The number of sulfonamides is 1. The van der Waals surface area contributed by atoms with Crippen molar-refractivity contribution >= 4 is 15.7 Å². The third-order valence-corrected chi connectivity index (χ3v) is 5.73. The molecule has 0 aliphatic rings. The van der Waals surface area contributed by atoms with Crippen LogP contribution >= 0.6 is 0 Å². The number of anilines is 1. The molecule has 0 fully saturated rings. The summed E-state index contributed by atoms with van der Waals surface area (Å²) in [4.78, 5) is 0.343. The Morgan fingerprint density at radius 1 is 0.875 bits per heavy atom. The molecular weight excluding hydrogens is 318 g/mol. The van der Waals surface area contributed by atoms with E-state index in [9.17, 15) is 8.42 Å². The maximum absolute atomic E-state index is 13.0. The summed E-state index contributed by atoms with van der Waals surface area (Å²) in [6, 6.07) is 11.5. The zero-order valence-electron chi connectivity index (χ0n) is 15.3. The predicted molar refractivity (Wildman–Crippen MR) is 101 cm³/mol. The molecule has 0 bridgehead atoms. The van der Waals surface area contributed by atoms with Gasteiger partial charge >= 0.3 is 0 Å². The van der Waals surface area contributed by atoms with Crippen LogP contribution in [-0.4, -0.2) is 8.42 Å². The normalized spacial score (nSPS) is 12.0. The number of aryl methyl sites for hydroxylation is 2. The lowest BCUT2D eigenvalue weighted by Gasteiger charge is -2.21. The van der Waals surface area contributed by atoms with Gasteiger partial charge in [0.05, 0.1) is 10.6 Å². The van der Waals surface area contributed by atoms with Crippen LogP contribution in [0.3, 0.4) is 0 Å². The molecule has 0 unspecified atom stereocenters. The standard InChI is InChI=1S/C20H27NO2S/c1-13(2)17-8-7-9-18(14(3)4)20(17)21-24(22,23)19-12-15(5)10-11-16(19)6/h7-14,21H,1-6H3. The summed E-state index contributed by atoms with van der Waals surface area (Å²) in [6.07, 6.45) is 0. The summed E-state index contributed by atoms with van der Waals surface area (Å²) in [6.45, 7) is 12.0. The molecule has 4 heteroatoms. The third-order valence-electron chi connectivity index (χ3n) is 4.24. The van der Waals surface area contributed by atoms with Crippen molar-refractivity contribution in [1.29, 1.82) is 0 Å². The largest absolute Gasteiger partial charge is 0.279 e. The van der Waals surface area contributed by atoms with E-state index in [0.29, 0.717) is 4.90 Å². The highest BCUT2D eigenvalue weighted by atomic mass is 32.2. The molecule has 0 radical (unpaired) electrons. The Hall–Kier alpha value is -1.81. The van der Waals surface area contributed by atoms with Crippen LogP contribution in [0.4, 0.5) is 5.69 Å². The second-order valence-corrected chi connectivity index (χ2v) is 8.65. The molecule has 1 N–H and O–H groups in total. The highest BCUT2D eigenvalue weighted by Crippen LogP contribution is 2.34. The summed E-state index contributed by atoms with van der Waals surface area (Å²) in [5.41, 5.74) is 4.46. The average Bonchev–Trinajstić information content (AvgIpc) is 2.48. The van der Waals surface area contributed by atoms with Crippen molar-refractivity contribution in [2.75, 3.05) is 4.72 Å². The average molecular weight is 346 g/mol. The molecule has 0 aliphatic heterocycles. The molecule has 130 valence electrons. The SMILES string of the molecule is Cc1ccc(C)c(S(=O)(=O)Nc2c(C(C)C)cccc2C(C)C)c1. The van der Waals surface area contributed by atoms with Crippen LogP contribution in [-0.2, 0) is 10.0 Å². The number of hydrogen-bond donors (Lipinski definition) is 1. The Morgan fingerprint density at radius 2 is 1.42 bits per heavy atom. The first-order valence-electron chi connectivity index (χ1n) is 8.36. The van der Waals surface area contributed by atoms with Gasteiger partial charge in [-0.25, -0.2) is 8.42 Å². The van der Waals surface area contributed by atoms with Crippen molar-refractivity contribution in [1.82, 2.24) is 0 Å². The lowest BCUT2D eigenvalue weighted by Crippen LogP contribution is -2.17. The highest BCUT2D eigenvalue weighted by molar-refractivity contribution is 7.92. The highest BCUT2D eigenvalue weighted by Gasteiger charge is 2.22. The van der Waals surface area contributed by atoms with Gasteiger partial charge in [-0.05, 0) is 54.0 Å². The second-order valence-electron chi connectivity index (χ2n) is 7.00. The van der Waals surface area contributed by atoms with Crippen LogP contribution in [0.15, 0.2) is 41.3 Å². The fourth-order valence-electron chi connectivity index (χ4n) is 2.86. The van der Waals surface area contributed by atoms with Gasteiger partial charge in [-0.1, -0.05) is 58.0 Å². The first-order chi connectivity index (χ1) is 11.1. The lowest BCUT2D eigenvalue weighted by atomic mass is 9.93. The van der Waals surface area contributed by atoms with E-state index in [1.807, 2.05) is 44.2 Å². The van der Waals surface area contributed by atoms with E-state index >= 15 is 0 Å². The van der Waals surface area contributed by atoms with Gasteiger partial charge in [-0.3, -0.25) is 4.72 Å². The number of para-hydroxylation sites is 1. The molecule has 3 nitrogen and oxygen atoms in total. The summed E-state index contributed by atoms with van der Waals surface area (Å²) in [5, 5.41) is 0. The Balaban J connectivity index is 2.59. The zero-order valence-corrected chi connectivity index (χ0v) is 16.2. The fourth-order valence-corrected chi connectivity index (χ4v) is 4.30. The van der Waals surface area contributed by atoms with Gasteiger partial charge in [0.25, 0.3) is 10.0 Å². The van der Waals surface area contributed by atoms with Crippen LogP contribution in [0.2, 0.25) is 0 Å². The minimum atomic E-state index is -3.63. The van der Waals surface area contributed by atoms with Crippen molar-refractivity contribution in [2.45, 2.75) is 58.3 Å². The van der Waals surface area contributed by atoms with E-state index in [4.69, 9.17) is 0 Å². The van der Waals surface area contributed by atoms with Gasteiger partial charge in [0.1, 0.15) is 0 Å². The Kier molecular flexibility index (Phi) is 5.38. The molecule has 0 heterocycles. The monoisotopic (exact) mass is 345 g/mol. The molecule has 2 aromatic carbocycles. The molecule has 0 spiro atoms. The van der Waals surface area contributed by atoms with Crippen LogP contribution in [0.5, 0.6) is 0 Å². The molecule has 2 aromatic rings. The second kappa shape index (κ2) is 6.98. The van der Waals surface area contributed by atoms with Gasteiger partial charge in [0.2, 0.25) is 0 Å². The summed E-state index contributed by atoms with van der Waals surface area (Å²) >= 11 is 0.